The van der Waals surface area contributed by atoms with Crippen LogP contribution >= 0.6 is 0 Å². The molecule has 6 nitrogen and oxygen atoms in total. The fourth-order valence-corrected chi connectivity index (χ4v) is 3.49. The largest absolute Gasteiger partial charge is 0.381 e. The maximum absolute atomic E-state index is 12.8. The highest BCUT2D eigenvalue weighted by atomic mass is 16.2. The molecule has 1 fully saturated rings. The smallest absolute Gasteiger partial charge is 0.253 e. The summed E-state index contributed by atoms with van der Waals surface area (Å²) in [6.45, 7) is 3.92. The van der Waals surface area contributed by atoms with Gasteiger partial charge in [0.1, 0.15) is 0 Å². The van der Waals surface area contributed by atoms with E-state index in [1.807, 2.05) is 54.7 Å². The maximum Gasteiger partial charge on any atom is 0.253 e. The molecule has 28 heavy (non-hydrogen) atoms. The summed E-state index contributed by atoms with van der Waals surface area (Å²) in [6.07, 6.45) is 3.83. The Morgan fingerprint density at radius 2 is 1.71 bits per heavy atom. The predicted molar refractivity (Wildman–Crippen MR) is 112 cm³/mol. The Balaban J connectivity index is 1.31. The van der Waals surface area contributed by atoms with Gasteiger partial charge in [0.05, 0.1) is 6.20 Å². The van der Waals surface area contributed by atoms with E-state index in [9.17, 15) is 4.79 Å². The van der Waals surface area contributed by atoms with Crippen LogP contribution in [0, 0.1) is 0 Å². The van der Waals surface area contributed by atoms with Crippen molar-refractivity contribution in [2.24, 2.45) is 7.05 Å². The van der Waals surface area contributed by atoms with E-state index in [-0.39, 0.29) is 5.91 Å². The topological polar surface area (TPSA) is 53.4 Å². The zero-order valence-corrected chi connectivity index (χ0v) is 16.1. The van der Waals surface area contributed by atoms with Crippen molar-refractivity contribution in [2.45, 2.75) is 6.54 Å². The van der Waals surface area contributed by atoms with Gasteiger partial charge in [-0.3, -0.25) is 9.48 Å². The van der Waals surface area contributed by atoms with E-state index in [4.69, 9.17) is 0 Å². The van der Waals surface area contributed by atoms with Gasteiger partial charge in [-0.05, 0) is 36.4 Å². The van der Waals surface area contributed by atoms with Gasteiger partial charge < -0.3 is 15.1 Å². The molecule has 6 heteroatoms. The molecule has 0 aliphatic carbocycles. The van der Waals surface area contributed by atoms with Crippen LogP contribution in [0.25, 0.3) is 0 Å². The first-order valence-corrected chi connectivity index (χ1v) is 9.60. The van der Waals surface area contributed by atoms with Gasteiger partial charge in [0.2, 0.25) is 0 Å². The highest BCUT2D eigenvalue weighted by molar-refractivity contribution is 5.94. The summed E-state index contributed by atoms with van der Waals surface area (Å²) in [6, 6.07) is 18.1. The SMILES string of the molecule is Cn1cc(CNc2ccc(C(=O)N3CCN(c4ccccc4)CC3)cc2)cn1. The lowest BCUT2D eigenvalue weighted by atomic mass is 10.1. The molecule has 0 spiro atoms. The van der Waals surface area contributed by atoms with Gasteiger partial charge in [-0.25, -0.2) is 0 Å². The van der Waals surface area contributed by atoms with Crippen molar-refractivity contribution in [3.63, 3.8) is 0 Å². The van der Waals surface area contributed by atoms with E-state index in [1.54, 1.807) is 4.68 Å². The third-order valence-corrected chi connectivity index (χ3v) is 5.08. The molecule has 3 aromatic rings. The van der Waals surface area contributed by atoms with E-state index in [0.29, 0.717) is 6.54 Å². The molecule has 1 aromatic heterocycles. The molecule has 1 N–H and O–H groups in total. The Labute approximate surface area is 165 Å². The zero-order valence-electron chi connectivity index (χ0n) is 16.1. The third-order valence-electron chi connectivity index (χ3n) is 5.08. The van der Waals surface area contributed by atoms with Crippen molar-refractivity contribution in [1.29, 1.82) is 0 Å². The molecule has 0 radical (unpaired) electrons. The minimum Gasteiger partial charge on any atom is -0.381 e. The fourth-order valence-electron chi connectivity index (χ4n) is 3.49. The molecular formula is C22H25N5O. The number of carbonyl (C=O) groups excluding carboxylic acids is 1. The molecule has 1 aliphatic rings. The van der Waals surface area contributed by atoms with E-state index < -0.39 is 0 Å². The number of carbonyl (C=O) groups is 1. The maximum atomic E-state index is 12.8. The lowest BCUT2D eigenvalue weighted by molar-refractivity contribution is 0.0747. The number of rotatable bonds is 5. The van der Waals surface area contributed by atoms with Crippen LogP contribution in [0.1, 0.15) is 15.9 Å². The summed E-state index contributed by atoms with van der Waals surface area (Å²) in [7, 11) is 1.91. The first-order chi connectivity index (χ1) is 13.7. The van der Waals surface area contributed by atoms with Crippen LogP contribution in [0.5, 0.6) is 0 Å². The number of anilines is 2. The quantitative estimate of drug-likeness (QED) is 0.745. The Hall–Kier alpha value is -3.28. The van der Waals surface area contributed by atoms with Gasteiger partial charge in [-0.15, -0.1) is 0 Å². The Bertz CT molecular complexity index is 912. The average Bonchev–Trinajstić information content (AvgIpc) is 3.18. The van der Waals surface area contributed by atoms with Gasteiger partial charge in [-0.2, -0.15) is 5.10 Å². The predicted octanol–water partition coefficient (Wildman–Crippen LogP) is 2.99. The summed E-state index contributed by atoms with van der Waals surface area (Å²) in [5.74, 6) is 0.103. The summed E-state index contributed by atoms with van der Waals surface area (Å²) in [5.41, 5.74) is 4.08. The number of piperazine rings is 1. The molecule has 0 unspecified atom stereocenters. The van der Waals surface area contributed by atoms with E-state index in [2.05, 4.69) is 39.6 Å². The molecule has 0 atom stereocenters. The normalized spacial score (nSPS) is 14.2. The lowest BCUT2D eigenvalue weighted by Gasteiger charge is -2.36. The minimum atomic E-state index is 0.103. The van der Waals surface area contributed by atoms with Crippen LogP contribution in [-0.2, 0) is 13.6 Å². The van der Waals surface area contributed by atoms with Crippen LogP contribution in [0.2, 0.25) is 0 Å². The summed E-state index contributed by atoms with van der Waals surface area (Å²) < 4.78 is 1.79. The van der Waals surface area contributed by atoms with Crippen LogP contribution in [-0.4, -0.2) is 46.8 Å². The number of amides is 1. The van der Waals surface area contributed by atoms with Crippen LogP contribution in [0.4, 0.5) is 11.4 Å². The van der Waals surface area contributed by atoms with Gasteiger partial charge >= 0.3 is 0 Å². The second-order valence-corrected chi connectivity index (χ2v) is 7.07. The second kappa shape index (κ2) is 8.17. The van der Waals surface area contributed by atoms with Crippen molar-refractivity contribution >= 4 is 17.3 Å². The number of nitrogens with zero attached hydrogens (tertiary/aromatic N) is 4. The summed E-state index contributed by atoms with van der Waals surface area (Å²) in [4.78, 5) is 17.1. The molecule has 0 bridgehead atoms. The number of hydrogen-bond acceptors (Lipinski definition) is 4. The zero-order chi connectivity index (χ0) is 19.3. The standard InChI is InChI=1S/C22H25N5O/c1-25-17-18(16-24-25)15-23-20-9-7-19(8-10-20)22(28)27-13-11-26(12-14-27)21-5-3-2-4-6-21/h2-10,16-17,23H,11-15H2,1H3. The first-order valence-electron chi connectivity index (χ1n) is 9.60. The third kappa shape index (κ3) is 4.17. The molecule has 4 rings (SSSR count). The van der Waals surface area contributed by atoms with Crippen LogP contribution in [0.15, 0.2) is 67.0 Å². The van der Waals surface area contributed by atoms with Crippen molar-refractivity contribution in [3.05, 3.63) is 78.1 Å². The first kappa shape index (κ1) is 18.1. The van der Waals surface area contributed by atoms with Crippen LogP contribution in [0.3, 0.4) is 0 Å². The molecule has 144 valence electrons. The molecule has 0 saturated carbocycles. The summed E-state index contributed by atoms with van der Waals surface area (Å²) >= 11 is 0. The molecule has 2 aromatic carbocycles. The molecular weight excluding hydrogens is 350 g/mol. The van der Waals surface area contributed by atoms with E-state index >= 15 is 0 Å². The summed E-state index contributed by atoms with van der Waals surface area (Å²) in [5, 5.41) is 7.52. The van der Waals surface area contributed by atoms with Crippen molar-refractivity contribution in [2.75, 3.05) is 36.4 Å². The van der Waals surface area contributed by atoms with Gasteiger partial charge in [0.15, 0.2) is 0 Å². The van der Waals surface area contributed by atoms with E-state index in [1.165, 1.54) is 5.69 Å². The molecule has 1 aliphatic heterocycles. The van der Waals surface area contributed by atoms with Crippen molar-refractivity contribution in [3.8, 4) is 0 Å². The van der Waals surface area contributed by atoms with Crippen molar-refractivity contribution < 1.29 is 4.79 Å². The molecule has 1 amide bonds. The minimum absolute atomic E-state index is 0.103. The Morgan fingerprint density at radius 3 is 2.36 bits per heavy atom. The monoisotopic (exact) mass is 375 g/mol. The van der Waals surface area contributed by atoms with Crippen molar-refractivity contribution in [1.82, 2.24) is 14.7 Å². The Kier molecular flexibility index (Phi) is 5.28. The molecule has 2 heterocycles. The van der Waals surface area contributed by atoms with Gasteiger partial charge in [0.25, 0.3) is 5.91 Å². The van der Waals surface area contributed by atoms with E-state index in [0.717, 1.165) is 43.0 Å². The second-order valence-electron chi connectivity index (χ2n) is 7.07. The van der Waals surface area contributed by atoms with Gasteiger partial charge in [-0.1, -0.05) is 18.2 Å². The number of hydrogen-bond donors (Lipinski definition) is 1. The average molecular weight is 375 g/mol. The Morgan fingerprint density at radius 1 is 1.00 bits per heavy atom. The van der Waals surface area contributed by atoms with Gasteiger partial charge in [0, 0.05) is 68.5 Å². The lowest BCUT2D eigenvalue weighted by Crippen LogP contribution is -2.48. The number of benzene rings is 2. The number of nitrogens with one attached hydrogen (secondary N) is 1. The molecule has 1 saturated heterocycles. The highest BCUT2D eigenvalue weighted by Crippen LogP contribution is 2.18. The number of para-hydroxylation sites is 1. The number of aryl methyl sites for hydroxylation is 1. The highest BCUT2D eigenvalue weighted by Gasteiger charge is 2.22. The number of aromatic nitrogens is 2. The van der Waals surface area contributed by atoms with Crippen LogP contribution < -0.4 is 10.2 Å². The fraction of sp³-hybridized carbons (Fsp3) is 0.273.